The molecule has 1 aliphatic carbocycles. The first-order valence-corrected chi connectivity index (χ1v) is 6.73. The van der Waals surface area contributed by atoms with E-state index >= 15 is 0 Å². The summed E-state index contributed by atoms with van der Waals surface area (Å²) in [5.41, 5.74) is 2.73. The summed E-state index contributed by atoms with van der Waals surface area (Å²) >= 11 is 0. The van der Waals surface area contributed by atoms with Crippen molar-refractivity contribution < 1.29 is 0 Å². The quantitative estimate of drug-likeness (QED) is 0.824. The van der Waals surface area contributed by atoms with E-state index in [9.17, 15) is 0 Å². The van der Waals surface area contributed by atoms with E-state index in [1.54, 1.807) is 0 Å². The van der Waals surface area contributed by atoms with Gasteiger partial charge in [-0.15, -0.1) is 0 Å². The average Bonchev–Trinajstić information content (AvgIpc) is 2.86. The molecule has 0 atom stereocenters. The molecular weight excluding hydrogens is 212 g/mol. The molecule has 0 amide bonds. The van der Waals surface area contributed by atoms with Crippen LogP contribution in [0.4, 0.5) is 5.82 Å². The zero-order valence-corrected chi connectivity index (χ0v) is 10.5. The third kappa shape index (κ3) is 2.02. The van der Waals surface area contributed by atoms with Crippen molar-refractivity contribution in [1.29, 1.82) is 0 Å². The molecule has 1 saturated heterocycles. The third-order valence-electron chi connectivity index (χ3n) is 3.69. The van der Waals surface area contributed by atoms with Crippen LogP contribution in [0, 0.1) is 0 Å². The second kappa shape index (κ2) is 4.61. The Bertz CT molecular complexity index is 410. The Morgan fingerprint density at radius 3 is 2.76 bits per heavy atom. The summed E-state index contributed by atoms with van der Waals surface area (Å²) in [6.45, 7) is 6.43. The predicted octanol–water partition coefficient (Wildman–Crippen LogP) is 0.937. The Morgan fingerprint density at radius 2 is 2.00 bits per heavy atom. The van der Waals surface area contributed by atoms with E-state index in [2.05, 4.69) is 22.1 Å². The third-order valence-corrected chi connectivity index (χ3v) is 3.69. The van der Waals surface area contributed by atoms with Gasteiger partial charge in [0.25, 0.3) is 0 Å². The van der Waals surface area contributed by atoms with Crippen molar-refractivity contribution in [2.24, 2.45) is 0 Å². The van der Waals surface area contributed by atoms with Crippen molar-refractivity contribution in [2.75, 3.05) is 31.1 Å². The molecule has 0 unspecified atom stereocenters. The van der Waals surface area contributed by atoms with Crippen LogP contribution in [-0.2, 0) is 19.3 Å². The molecular formula is C13H20N4. The maximum atomic E-state index is 4.77. The van der Waals surface area contributed by atoms with E-state index in [0.29, 0.717) is 0 Å². The van der Waals surface area contributed by atoms with Gasteiger partial charge in [-0.25, -0.2) is 9.97 Å². The van der Waals surface area contributed by atoms with Crippen LogP contribution in [0.15, 0.2) is 0 Å². The van der Waals surface area contributed by atoms with Crippen LogP contribution >= 0.6 is 0 Å². The number of rotatable bonds is 2. The number of piperazine rings is 1. The van der Waals surface area contributed by atoms with Crippen molar-refractivity contribution in [3.8, 4) is 0 Å². The number of fused-ring (bicyclic) bond motifs is 1. The van der Waals surface area contributed by atoms with Gasteiger partial charge in [0.15, 0.2) is 0 Å². The van der Waals surface area contributed by atoms with Crippen LogP contribution in [0.2, 0.25) is 0 Å². The second-order valence-electron chi connectivity index (χ2n) is 4.83. The number of nitrogens with one attached hydrogen (secondary N) is 1. The van der Waals surface area contributed by atoms with E-state index in [1.165, 1.54) is 29.9 Å². The van der Waals surface area contributed by atoms with Gasteiger partial charge in [0.1, 0.15) is 11.6 Å². The number of hydrogen-bond acceptors (Lipinski definition) is 4. The molecule has 1 aliphatic heterocycles. The number of anilines is 1. The van der Waals surface area contributed by atoms with Gasteiger partial charge >= 0.3 is 0 Å². The number of aromatic nitrogens is 2. The molecule has 3 rings (SSSR count). The average molecular weight is 232 g/mol. The fourth-order valence-corrected chi connectivity index (χ4v) is 2.76. The van der Waals surface area contributed by atoms with E-state index in [4.69, 9.17) is 4.98 Å². The monoisotopic (exact) mass is 232 g/mol. The molecule has 1 fully saturated rings. The first kappa shape index (κ1) is 11.0. The minimum absolute atomic E-state index is 0.937. The minimum Gasteiger partial charge on any atom is -0.354 e. The van der Waals surface area contributed by atoms with Gasteiger partial charge in [-0.1, -0.05) is 6.92 Å². The number of nitrogens with zero attached hydrogens (tertiary/aromatic N) is 3. The smallest absolute Gasteiger partial charge is 0.135 e. The Kier molecular flexibility index (Phi) is 2.97. The van der Waals surface area contributed by atoms with Crippen molar-refractivity contribution in [3.05, 3.63) is 17.1 Å². The fourth-order valence-electron chi connectivity index (χ4n) is 2.76. The summed E-state index contributed by atoms with van der Waals surface area (Å²) in [6.07, 6.45) is 4.49. The molecule has 0 saturated carbocycles. The molecule has 0 aromatic carbocycles. The van der Waals surface area contributed by atoms with Crippen LogP contribution in [0.25, 0.3) is 0 Å². The van der Waals surface area contributed by atoms with E-state index < -0.39 is 0 Å². The molecule has 0 spiro atoms. The second-order valence-corrected chi connectivity index (χ2v) is 4.83. The highest BCUT2D eigenvalue weighted by Crippen LogP contribution is 2.29. The van der Waals surface area contributed by atoms with Gasteiger partial charge in [-0.05, 0) is 19.3 Å². The van der Waals surface area contributed by atoms with E-state index in [-0.39, 0.29) is 0 Å². The molecule has 1 N–H and O–H groups in total. The largest absolute Gasteiger partial charge is 0.354 e. The summed E-state index contributed by atoms with van der Waals surface area (Å²) < 4.78 is 0. The lowest BCUT2D eigenvalue weighted by Crippen LogP contribution is -2.44. The van der Waals surface area contributed by atoms with Gasteiger partial charge in [0.2, 0.25) is 0 Å². The lowest BCUT2D eigenvalue weighted by molar-refractivity contribution is 0.581. The highest BCUT2D eigenvalue weighted by Gasteiger charge is 2.23. The van der Waals surface area contributed by atoms with Crippen LogP contribution < -0.4 is 10.2 Å². The zero-order chi connectivity index (χ0) is 11.7. The maximum Gasteiger partial charge on any atom is 0.135 e. The van der Waals surface area contributed by atoms with E-state index in [1.807, 2.05) is 0 Å². The van der Waals surface area contributed by atoms with Crippen molar-refractivity contribution in [1.82, 2.24) is 15.3 Å². The SMILES string of the molecule is CCc1nc2c(c(N3CCNCC3)n1)CCC2. The highest BCUT2D eigenvalue weighted by molar-refractivity contribution is 5.51. The molecule has 1 aromatic heterocycles. The highest BCUT2D eigenvalue weighted by atomic mass is 15.2. The fraction of sp³-hybridized carbons (Fsp3) is 0.692. The van der Waals surface area contributed by atoms with Gasteiger partial charge in [0.05, 0.1) is 0 Å². The summed E-state index contributed by atoms with van der Waals surface area (Å²) in [6, 6.07) is 0. The molecule has 4 heteroatoms. The van der Waals surface area contributed by atoms with Crippen LogP contribution in [0.5, 0.6) is 0 Å². The normalized spacial score (nSPS) is 19.5. The molecule has 17 heavy (non-hydrogen) atoms. The first-order chi connectivity index (χ1) is 8.38. The molecule has 2 aliphatic rings. The Balaban J connectivity index is 1.98. The van der Waals surface area contributed by atoms with Gasteiger partial charge in [-0.2, -0.15) is 0 Å². The molecule has 0 radical (unpaired) electrons. The molecule has 92 valence electrons. The lowest BCUT2D eigenvalue weighted by Gasteiger charge is -2.30. The predicted molar refractivity (Wildman–Crippen MR) is 68.5 cm³/mol. The van der Waals surface area contributed by atoms with Crippen LogP contribution in [0.3, 0.4) is 0 Å². The van der Waals surface area contributed by atoms with Crippen molar-refractivity contribution in [2.45, 2.75) is 32.6 Å². The Hall–Kier alpha value is -1.16. The van der Waals surface area contributed by atoms with Crippen molar-refractivity contribution >= 4 is 5.82 Å². The van der Waals surface area contributed by atoms with Gasteiger partial charge in [-0.3, -0.25) is 0 Å². The van der Waals surface area contributed by atoms with Crippen molar-refractivity contribution in [3.63, 3.8) is 0 Å². The molecule has 4 nitrogen and oxygen atoms in total. The summed E-state index contributed by atoms with van der Waals surface area (Å²) in [7, 11) is 0. The standard InChI is InChI=1S/C13H20N4/c1-2-12-15-11-5-3-4-10(11)13(16-12)17-8-6-14-7-9-17/h14H,2-9H2,1H3. The molecule has 0 bridgehead atoms. The maximum absolute atomic E-state index is 4.77. The summed E-state index contributed by atoms with van der Waals surface area (Å²) in [5, 5.41) is 3.40. The first-order valence-electron chi connectivity index (χ1n) is 6.73. The van der Waals surface area contributed by atoms with Crippen LogP contribution in [-0.4, -0.2) is 36.1 Å². The van der Waals surface area contributed by atoms with Gasteiger partial charge in [0, 0.05) is 43.9 Å². The lowest BCUT2D eigenvalue weighted by atomic mass is 10.2. The summed E-state index contributed by atoms with van der Waals surface area (Å²) in [5.74, 6) is 2.24. The van der Waals surface area contributed by atoms with E-state index in [0.717, 1.165) is 44.8 Å². The number of aryl methyl sites for hydroxylation is 2. The summed E-state index contributed by atoms with van der Waals surface area (Å²) in [4.78, 5) is 11.9. The van der Waals surface area contributed by atoms with Crippen LogP contribution in [0.1, 0.15) is 30.4 Å². The topological polar surface area (TPSA) is 41.1 Å². The Morgan fingerprint density at radius 1 is 1.18 bits per heavy atom. The molecule has 2 heterocycles. The zero-order valence-electron chi connectivity index (χ0n) is 10.5. The Labute approximate surface area is 102 Å². The van der Waals surface area contributed by atoms with Gasteiger partial charge < -0.3 is 10.2 Å². The molecule has 1 aromatic rings. The minimum atomic E-state index is 0.937. The number of hydrogen-bond donors (Lipinski definition) is 1.